The second-order valence-corrected chi connectivity index (χ2v) is 7.83. The number of hydrogen-bond donors (Lipinski definition) is 0. The molecule has 1 amide bonds. The minimum Gasteiger partial charge on any atom is -0.457 e. The van der Waals surface area contributed by atoms with Crippen molar-refractivity contribution in [2.45, 2.75) is 5.37 Å². The van der Waals surface area contributed by atoms with Crippen LogP contribution in [0.1, 0.15) is 10.9 Å². The highest BCUT2D eigenvalue weighted by Crippen LogP contribution is 2.42. The molecule has 1 unspecified atom stereocenters. The van der Waals surface area contributed by atoms with E-state index in [2.05, 4.69) is 0 Å². The molecule has 8 heteroatoms. The number of nitro benzene ring substituents is 1. The lowest BCUT2D eigenvalue weighted by molar-refractivity contribution is -0.384. The van der Waals surface area contributed by atoms with E-state index in [0.717, 1.165) is 5.56 Å². The zero-order valence-electron chi connectivity index (χ0n) is 15.0. The van der Waals surface area contributed by atoms with E-state index in [1.54, 1.807) is 65.6 Å². The van der Waals surface area contributed by atoms with Crippen molar-refractivity contribution in [3.05, 3.63) is 93.5 Å². The maximum absolute atomic E-state index is 12.5. The fraction of sp³-hybridized carbons (Fsp3) is 0.0952. The maximum atomic E-state index is 12.5. The summed E-state index contributed by atoms with van der Waals surface area (Å²) in [5.41, 5.74) is 1.44. The first-order chi connectivity index (χ1) is 14.0. The summed E-state index contributed by atoms with van der Waals surface area (Å²) in [6.07, 6.45) is 0. The third kappa shape index (κ3) is 4.21. The summed E-state index contributed by atoms with van der Waals surface area (Å²) in [4.78, 5) is 24.8. The summed E-state index contributed by atoms with van der Waals surface area (Å²) in [5.74, 6) is 1.56. The number of rotatable bonds is 5. The Kier molecular flexibility index (Phi) is 5.42. The Balaban J connectivity index is 1.57. The second kappa shape index (κ2) is 8.14. The molecule has 3 aromatic carbocycles. The summed E-state index contributed by atoms with van der Waals surface area (Å²) in [6, 6.07) is 20.6. The zero-order chi connectivity index (χ0) is 20.4. The van der Waals surface area contributed by atoms with Gasteiger partial charge in [-0.15, -0.1) is 11.8 Å². The maximum Gasteiger partial charge on any atom is 0.269 e. The first-order valence-corrected chi connectivity index (χ1v) is 10.2. The molecule has 29 heavy (non-hydrogen) atoms. The number of carbonyl (C=O) groups excluding carboxylic acids is 1. The van der Waals surface area contributed by atoms with Crippen molar-refractivity contribution in [2.24, 2.45) is 0 Å². The van der Waals surface area contributed by atoms with E-state index in [1.165, 1.54) is 23.9 Å². The Morgan fingerprint density at radius 1 is 1.03 bits per heavy atom. The number of thioether (sulfide) groups is 1. The minimum atomic E-state index is -0.432. The number of non-ortho nitro benzene ring substituents is 1. The Labute approximate surface area is 176 Å². The second-order valence-electron chi connectivity index (χ2n) is 6.33. The normalized spacial score (nSPS) is 16.1. The summed E-state index contributed by atoms with van der Waals surface area (Å²) >= 11 is 7.33. The van der Waals surface area contributed by atoms with Gasteiger partial charge in [0, 0.05) is 22.8 Å². The molecule has 0 aliphatic carbocycles. The number of ether oxygens (including phenoxy) is 1. The molecule has 0 N–H and O–H groups in total. The van der Waals surface area contributed by atoms with Crippen molar-refractivity contribution in [2.75, 3.05) is 10.7 Å². The van der Waals surface area contributed by atoms with Crippen LogP contribution in [0.2, 0.25) is 5.02 Å². The number of halogens is 1. The van der Waals surface area contributed by atoms with Gasteiger partial charge in [-0.1, -0.05) is 23.7 Å². The molecule has 1 fully saturated rings. The van der Waals surface area contributed by atoms with E-state index in [0.29, 0.717) is 28.0 Å². The van der Waals surface area contributed by atoms with Crippen LogP contribution >= 0.6 is 23.4 Å². The highest BCUT2D eigenvalue weighted by atomic mass is 35.5. The lowest BCUT2D eigenvalue weighted by Gasteiger charge is -2.24. The SMILES string of the molecule is O=C1CSC(c2cccc([N+](=O)[O-])c2)N1c1ccc(Oc2ccc(Cl)cc2)cc1. The zero-order valence-corrected chi connectivity index (χ0v) is 16.6. The van der Waals surface area contributed by atoms with Gasteiger partial charge in [0.05, 0.1) is 10.7 Å². The predicted octanol–water partition coefficient (Wildman–Crippen LogP) is 5.82. The van der Waals surface area contributed by atoms with E-state index < -0.39 is 4.92 Å². The molecular formula is C21H15ClN2O4S. The number of anilines is 1. The Bertz CT molecular complexity index is 1060. The van der Waals surface area contributed by atoms with Crippen LogP contribution in [0.4, 0.5) is 11.4 Å². The highest BCUT2D eigenvalue weighted by molar-refractivity contribution is 8.00. The van der Waals surface area contributed by atoms with Crippen LogP contribution in [0, 0.1) is 10.1 Å². The van der Waals surface area contributed by atoms with Crippen LogP contribution in [-0.2, 0) is 4.79 Å². The molecule has 1 saturated heterocycles. The van der Waals surface area contributed by atoms with Gasteiger partial charge in [-0.25, -0.2) is 0 Å². The topological polar surface area (TPSA) is 72.7 Å². The van der Waals surface area contributed by atoms with Gasteiger partial charge in [0.2, 0.25) is 5.91 Å². The van der Waals surface area contributed by atoms with Crippen molar-refractivity contribution in [3.8, 4) is 11.5 Å². The highest BCUT2D eigenvalue weighted by Gasteiger charge is 2.34. The van der Waals surface area contributed by atoms with Gasteiger partial charge in [0.25, 0.3) is 5.69 Å². The van der Waals surface area contributed by atoms with Crippen LogP contribution in [0.5, 0.6) is 11.5 Å². The molecule has 0 bridgehead atoms. The van der Waals surface area contributed by atoms with E-state index in [-0.39, 0.29) is 17.0 Å². The van der Waals surface area contributed by atoms with Crippen molar-refractivity contribution >= 4 is 40.6 Å². The van der Waals surface area contributed by atoms with Gasteiger partial charge in [0.1, 0.15) is 16.9 Å². The summed E-state index contributed by atoms with van der Waals surface area (Å²) in [5, 5.41) is 11.4. The monoisotopic (exact) mass is 426 g/mol. The van der Waals surface area contributed by atoms with E-state index in [9.17, 15) is 14.9 Å². The molecule has 146 valence electrons. The lowest BCUT2D eigenvalue weighted by atomic mass is 10.1. The molecule has 1 aliphatic rings. The molecule has 3 aromatic rings. The number of nitro groups is 1. The Morgan fingerprint density at radius 3 is 2.34 bits per heavy atom. The third-order valence-corrected chi connectivity index (χ3v) is 5.86. The molecule has 1 atom stereocenters. The summed E-state index contributed by atoms with van der Waals surface area (Å²) in [6.45, 7) is 0. The standard InChI is InChI=1S/C21H15ClN2O4S/c22-15-4-8-18(9-5-15)28-19-10-6-16(7-11-19)23-20(25)13-29-21(23)14-2-1-3-17(12-14)24(26)27/h1-12,21H,13H2. The molecule has 0 aromatic heterocycles. The summed E-state index contributed by atoms with van der Waals surface area (Å²) < 4.78 is 5.79. The summed E-state index contributed by atoms with van der Waals surface area (Å²) in [7, 11) is 0. The van der Waals surface area contributed by atoms with Crippen LogP contribution in [-0.4, -0.2) is 16.6 Å². The minimum absolute atomic E-state index is 0.00844. The molecule has 0 spiro atoms. The fourth-order valence-corrected chi connectivity index (χ4v) is 4.35. The number of carbonyl (C=O) groups is 1. The van der Waals surface area contributed by atoms with E-state index in [1.807, 2.05) is 0 Å². The van der Waals surface area contributed by atoms with Gasteiger partial charge in [0.15, 0.2) is 0 Å². The quantitative estimate of drug-likeness (QED) is 0.379. The number of nitrogens with zero attached hydrogens (tertiary/aromatic N) is 2. The molecule has 4 rings (SSSR count). The molecule has 6 nitrogen and oxygen atoms in total. The Morgan fingerprint density at radius 2 is 1.69 bits per heavy atom. The smallest absolute Gasteiger partial charge is 0.269 e. The van der Waals surface area contributed by atoms with E-state index in [4.69, 9.17) is 16.3 Å². The van der Waals surface area contributed by atoms with Crippen molar-refractivity contribution in [3.63, 3.8) is 0 Å². The molecule has 1 aliphatic heterocycles. The number of benzene rings is 3. The molecular weight excluding hydrogens is 412 g/mol. The first kappa shape index (κ1) is 19.3. The van der Waals surface area contributed by atoms with Crippen molar-refractivity contribution in [1.29, 1.82) is 0 Å². The van der Waals surface area contributed by atoms with Gasteiger partial charge < -0.3 is 4.74 Å². The molecule has 0 radical (unpaired) electrons. The lowest BCUT2D eigenvalue weighted by Crippen LogP contribution is -2.27. The average Bonchev–Trinajstić information content (AvgIpc) is 3.12. The average molecular weight is 427 g/mol. The Hall–Kier alpha value is -3.03. The predicted molar refractivity (Wildman–Crippen MR) is 114 cm³/mol. The van der Waals surface area contributed by atoms with E-state index >= 15 is 0 Å². The van der Waals surface area contributed by atoms with Gasteiger partial charge in [-0.2, -0.15) is 0 Å². The van der Waals surface area contributed by atoms with Gasteiger partial charge in [-0.05, 0) is 54.1 Å². The van der Waals surface area contributed by atoms with Crippen molar-refractivity contribution < 1.29 is 14.5 Å². The largest absolute Gasteiger partial charge is 0.457 e. The van der Waals surface area contributed by atoms with Gasteiger partial charge in [-0.3, -0.25) is 19.8 Å². The van der Waals surface area contributed by atoms with Crippen LogP contribution in [0.15, 0.2) is 72.8 Å². The van der Waals surface area contributed by atoms with Gasteiger partial charge >= 0.3 is 0 Å². The van der Waals surface area contributed by atoms with Crippen LogP contribution < -0.4 is 9.64 Å². The molecule has 1 heterocycles. The third-order valence-electron chi connectivity index (χ3n) is 4.40. The first-order valence-electron chi connectivity index (χ1n) is 8.73. The van der Waals surface area contributed by atoms with Crippen molar-refractivity contribution in [1.82, 2.24) is 0 Å². The fourth-order valence-electron chi connectivity index (χ4n) is 3.06. The van der Waals surface area contributed by atoms with Crippen LogP contribution in [0.25, 0.3) is 0 Å². The number of amides is 1. The molecule has 0 saturated carbocycles. The van der Waals surface area contributed by atoms with Crippen LogP contribution in [0.3, 0.4) is 0 Å². The number of hydrogen-bond acceptors (Lipinski definition) is 5.